The summed E-state index contributed by atoms with van der Waals surface area (Å²) in [6.07, 6.45) is 0.493. The lowest BCUT2D eigenvalue weighted by Crippen LogP contribution is -2.35. The second-order valence-corrected chi connectivity index (χ2v) is 4.51. The highest BCUT2D eigenvalue weighted by atomic mass is 19.1. The summed E-state index contributed by atoms with van der Waals surface area (Å²) in [5.41, 5.74) is 0.958. The Morgan fingerprint density at radius 1 is 1.32 bits per heavy atom. The summed E-state index contributed by atoms with van der Waals surface area (Å²) in [5.74, 6) is -0.127. The molecule has 4 heteroatoms. The molecule has 1 atom stereocenters. The Balaban J connectivity index is 2.67. The van der Waals surface area contributed by atoms with Gasteiger partial charge < -0.3 is 10.2 Å². The van der Waals surface area contributed by atoms with E-state index in [0.717, 1.165) is 12.1 Å². The molecule has 1 N–H and O–H groups in total. The van der Waals surface area contributed by atoms with Gasteiger partial charge in [0.15, 0.2) is 0 Å². The van der Waals surface area contributed by atoms with Crippen molar-refractivity contribution in [1.29, 1.82) is 0 Å². The van der Waals surface area contributed by atoms with Crippen LogP contribution in [-0.2, 0) is 4.79 Å². The quantitative estimate of drug-likeness (QED) is 0.770. The van der Waals surface area contributed by atoms with Gasteiger partial charge in [-0.15, -0.1) is 0 Å². The van der Waals surface area contributed by atoms with Crippen LogP contribution in [0.15, 0.2) is 24.3 Å². The van der Waals surface area contributed by atoms with Crippen LogP contribution in [0.2, 0.25) is 0 Å². The molecule has 0 aromatic heterocycles. The maximum atomic E-state index is 12.9. The van der Waals surface area contributed by atoms with Gasteiger partial charge in [-0.2, -0.15) is 0 Å². The van der Waals surface area contributed by atoms with Crippen molar-refractivity contribution >= 4 is 5.91 Å². The van der Waals surface area contributed by atoms with Gasteiger partial charge in [0, 0.05) is 19.5 Å². The topological polar surface area (TPSA) is 32.3 Å². The van der Waals surface area contributed by atoms with E-state index in [-0.39, 0.29) is 17.8 Å². The van der Waals surface area contributed by atoms with Crippen LogP contribution in [0.1, 0.15) is 38.8 Å². The molecule has 0 spiro atoms. The van der Waals surface area contributed by atoms with Gasteiger partial charge in [-0.1, -0.05) is 19.1 Å². The fraction of sp³-hybridized carbons (Fsp3) is 0.533. The van der Waals surface area contributed by atoms with E-state index in [1.165, 1.54) is 12.1 Å². The Labute approximate surface area is 114 Å². The number of amides is 1. The number of rotatable bonds is 7. The van der Waals surface area contributed by atoms with E-state index in [0.29, 0.717) is 19.5 Å². The molecule has 0 saturated heterocycles. The van der Waals surface area contributed by atoms with Crippen molar-refractivity contribution in [3.05, 3.63) is 35.6 Å². The Bertz CT molecular complexity index is 392. The van der Waals surface area contributed by atoms with E-state index in [1.807, 2.05) is 25.7 Å². The van der Waals surface area contributed by atoms with E-state index in [1.54, 1.807) is 12.1 Å². The fourth-order valence-corrected chi connectivity index (χ4v) is 2.10. The first-order valence-corrected chi connectivity index (χ1v) is 6.85. The van der Waals surface area contributed by atoms with E-state index in [9.17, 15) is 9.18 Å². The standard InChI is InChI=1S/C15H23FN2O/c1-4-17-11-10-15(19)18(5-2)12(3)13-6-8-14(16)9-7-13/h6-9,12,17H,4-5,10-11H2,1-3H3. The van der Waals surface area contributed by atoms with Crippen molar-refractivity contribution in [2.24, 2.45) is 0 Å². The summed E-state index contributed by atoms with van der Waals surface area (Å²) in [6.45, 7) is 8.18. The molecule has 0 fully saturated rings. The van der Waals surface area contributed by atoms with Gasteiger partial charge in [-0.3, -0.25) is 4.79 Å². The maximum absolute atomic E-state index is 12.9. The molecule has 3 nitrogen and oxygen atoms in total. The van der Waals surface area contributed by atoms with Crippen molar-refractivity contribution in [3.63, 3.8) is 0 Å². The van der Waals surface area contributed by atoms with Crippen molar-refractivity contribution in [2.75, 3.05) is 19.6 Å². The lowest BCUT2D eigenvalue weighted by molar-refractivity contribution is -0.133. The molecule has 0 radical (unpaired) electrons. The first kappa shape index (κ1) is 15.6. The van der Waals surface area contributed by atoms with Crippen LogP contribution in [0.3, 0.4) is 0 Å². The summed E-state index contributed by atoms with van der Waals surface area (Å²) < 4.78 is 12.9. The lowest BCUT2D eigenvalue weighted by Gasteiger charge is -2.28. The Morgan fingerprint density at radius 2 is 1.95 bits per heavy atom. The SMILES string of the molecule is CCNCCC(=O)N(CC)C(C)c1ccc(F)cc1. The number of carbonyl (C=O) groups is 1. The number of halogens is 1. The molecule has 0 heterocycles. The molecular weight excluding hydrogens is 243 g/mol. The summed E-state index contributed by atoms with van der Waals surface area (Å²) in [4.78, 5) is 14.0. The van der Waals surface area contributed by atoms with Crippen molar-refractivity contribution in [1.82, 2.24) is 10.2 Å². The van der Waals surface area contributed by atoms with Gasteiger partial charge in [-0.05, 0) is 38.1 Å². The Hall–Kier alpha value is -1.42. The second kappa shape index (κ2) is 7.89. The van der Waals surface area contributed by atoms with Crippen molar-refractivity contribution < 1.29 is 9.18 Å². The first-order chi connectivity index (χ1) is 9.10. The summed E-state index contributed by atoms with van der Waals surface area (Å²) >= 11 is 0. The monoisotopic (exact) mass is 266 g/mol. The maximum Gasteiger partial charge on any atom is 0.224 e. The van der Waals surface area contributed by atoms with Crippen LogP contribution in [-0.4, -0.2) is 30.4 Å². The van der Waals surface area contributed by atoms with Crippen molar-refractivity contribution in [2.45, 2.75) is 33.2 Å². The minimum atomic E-state index is -0.252. The average Bonchev–Trinajstić information content (AvgIpc) is 2.40. The van der Waals surface area contributed by atoms with E-state index >= 15 is 0 Å². The van der Waals surface area contributed by atoms with Gasteiger partial charge in [0.25, 0.3) is 0 Å². The molecule has 1 rings (SSSR count). The van der Waals surface area contributed by atoms with Gasteiger partial charge in [0.2, 0.25) is 5.91 Å². The smallest absolute Gasteiger partial charge is 0.224 e. The molecule has 0 aliphatic carbocycles. The third-order valence-electron chi connectivity index (χ3n) is 3.25. The molecular formula is C15H23FN2O. The number of nitrogens with one attached hydrogen (secondary N) is 1. The van der Waals surface area contributed by atoms with E-state index in [2.05, 4.69) is 5.32 Å². The zero-order chi connectivity index (χ0) is 14.3. The zero-order valence-electron chi connectivity index (χ0n) is 11.9. The summed E-state index contributed by atoms with van der Waals surface area (Å²) in [6, 6.07) is 6.31. The molecule has 0 aliphatic heterocycles. The highest BCUT2D eigenvalue weighted by Crippen LogP contribution is 2.20. The van der Waals surface area contributed by atoms with Gasteiger partial charge in [0.05, 0.1) is 6.04 Å². The zero-order valence-corrected chi connectivity index (χ0v) is 11.9. The molecule has 0 saturated carbocycles. The number of carbonyl (C=O) groups excluding carboxylic acids is 1. The number of nitrogens with zero attached hydrogens (tertiary/aromatic N) is 1. The van der Waals surface area contributed by atoms with Crippen LogP contribution in [0, 0.1) is 5.82 Å². The summed E-state index contributed by atoms with van der Waals surface area (Å²) in [7, 11) is 0. The van der Waals surface area contributed by atoms with E-state index in [4.69, 9.17) is 0 Å². The molecule has 1 aromatic carbocycles. The van der Waals surface area contributed by atoms with Crippen LogP contribution in [0.25, 0.3) is 0 Å². The largest absolute Gasteiger partial charge is 0.336 e. The molecule has 19 heavy (non-hydrogen) atoms. The highest BCUT2D eigenvalue weighted by Gasteiger charge is 2.19. The molecule has 1 aromatic rings. The molecule has 1 amide bonds. The first-order valence-electron chi connectivity index (χ1n) is 6.85. The number of benzene rings is 1. The fourth-order valence-electron chi connectivity index (χ4n) is 2.10. The molecule has 106 valence electrons. The minimum Gasteiger partial charge on any atom is -0.336 e. The average molecular weight is 266 g/mol. The van der Waals surface area contributed by atoms with Crippen LogP contribution < -0.4 is 5.32 Å². The molecule has 1 unspecified atom stereocenters. The predicted octanol–water partition coefficient (Wildman–Crippen LogP) is 2.73. The normalized spacial score (nSPS) is 12.2. The third kappa shape index (κ3) is 4.63. The Morgan fingerprint density at radius 3 is 2.47 bits per heavy atom. The van der Waals surface area contributed by atoms with E-state index < -0.39 is 0 Å². The van der Waals surface area contributed by atoms with Crippen LogP contribution in [0.4, 0.5) is 4.39 Å². The third-order valence-corrected chi connectivity index (χ3v) is 3.25. The number of hydrogen-bond acceptors (Lipinski definition) is 2. The molecule has 0 bridgehead atoms. The molecule has 0 aliphatic rings. The highest BCUT2D eigenvalue weighted by molar-refractivity contribution is 5.76. The minimum absolute atomic E-state index is 0.0280. The number of hydrogen-bond donors (Lipinski definition) is 1. The van der Waals surface area contributed by atoms with Crippen molar-refractivity contribution in [3.8, 4) is 0 Å². The van der Waals surface area contributed by atoms with Gasteiger partial charge in [-0.25, -0.2) is 4.39 Å². The predicted molar refractivity (Wildman–Crippen MR) is 75.4 cm³/mol. The van der Waals surface area contributed by atoms with Gasteiger partial charge >= 0.3 is 0 Å². The summed E-state index contributed by atoms with van der Waals surface area (Å²) in [5, 5.41) is 3.15. The second-order valence-electron chi connectivity index (χ2n) is 4.51. The van der Waals surface area contributed by atoms with Crippen LogP contribution in [0.5, 0.6) is 0 Å². The lowest BCUT2D eigenvalue weighted by atomic mass is 10.1. The van der Waals surface area contributed by atoms with Crippen LogP contribution >= 0.6 is 0 Å². The van der Waals surface area contributed by atoms with Gasteiger partial charge in [0.1, 0.15) is 5.82 Å². The Kier molecular flexibility index (Phi) is 6.50.